The van der Waals surface area contributed by atoms with E-state index in [1.54, 1.807) is 12.0 Å². The van der Waals surface area contributed by atoms with Gasteiger partial charge >= 0.3 is 0 Å². The Bertz CT molecular complexity index is 768. The number of carbonyl (C=O) groups is 1. The van der Waals surface area contributed by atoms with Gasteiger partial charge in [-0.25, -0.2) is 5.06 Å². The Hall–Kier alpha value is -1.88. The van der Waals surface area contributed by atoms with Crippen LogP contribution in [0.3, 0.4) is 0 Å². The van der Waals surface area contributed by atoms with Crippen LogP contribution in [0.1, 0.15) is 31.4 Å². The lowest BCUT2D eigenvalue weighted by molar-refractivity contribution is -0.214. The monoisotopic (exact) mass is 400 g/mol. The van der Waals surface area contributed by atoms with Gasteiger partial charge < -0.3 is 4.90 Å². The van der Waals surface area contributed by atoms with E-state index in [2.05, 4.69) is 42.2 Å². The SMILES string of the molecule is CC(=O)N(OCc1ccccc1Cl)[C@@H]1CCN(CCc2ccccc2)C[C@@H]1C. The molecule has 2 atom stereocenters. The van der Waals surface area contributed by atoms with Crippen molar-refractivity contribution in [2.24, 2.45) is 5.92 Å². The summed E-state index contributed by atoms with van der Waals surface area (Å²) in [6.45, 7) is 7.06. The summed E-state index contributed by atoms with van der Waals surface area (Å²) in [5, 5.41) is 2.23. The molecule has 0 unspecified atom stereocenters. The highest BCUT2D eigenvalue weighted by atomic mass is 35.5. The Labute approximate surface area is 173 Å². The summed E-state index contributed by atoms with van der Waals surface area (Å²) >= 11 is 6.22. The molecule has 1 aliphatic rings. The molecule has 1 amide bonds. The first-order valence-corrected chi connectivity index (χ1v) is 10.3. The van der Waals surface area contributed by atoms with Gasteiger partial charge in [0.15, 0.2) is 0 Å². The highest BCUT2D eigenvalue weighted by Gasteiger charge is 2.33. The van der Waals surface area contributed by atoms with Gasteiger partial charge in [-0.3, -0.25) is 9.63 Å². The van der Waals surface area contributed by atoms with Crippen LogP contribution in [0, 0.1) is 5.92 Å². The first kappa shape index (κ1) is 20.8. The lowest BCUT2D eigenvalue weighted by atomic mass is 9.93. The number of benzene rings is 2. The van der Waals surface area contributed by atoms with Crippen LogP contribution in [0.5, 0.6) is 0 Å². The molecule has 0 aromatic heterocycles. The van der Waals surface area contributed by atoms with E-state index in [0.717, 1.165) is 38.0 Å². The molecule has 2 aromatic carbocycles. The number of hydrogen-bond acceptors (Lipinski definition) is 3. The first-order valence-electron chi connectivity index (χ1n) is 9.97. The Morgan fingerprint density at radius 1 is 1.18 bits per heavy atom. The molecule has 0 saturated carbocycles. The fraction of sp³-hybridized carbons (Fsp3) is 0.435. The Morgan fingerprint density at radius 2 is 1.89 bits per heavy atom. The number of hydrogen-bond donors (Lipinski definition) is 0. The zero-order valence-corrected chi connectivity index (χ0v) is 17.4. The molecule has 0 N–H and O–H groups in total. The third-order valence-electron chi connectivity index (χ3n) is 5.43. The number of rotatable bonds is 7. The summed E-state index contributed by atoms with van der Waals surface area (Å²) in [6.07, 6.45) is 1.97. The van der Waals surface area contributed by atoms with Crippen LogP contribution in [0.25, 0.3) is 0 Å². The van der Waals surface area contributed by atoms with Gasteiger partial charge in [0.2, 0.25) is 5.91 Å². The molecule has 1 fully saturated rings. The van der Waals surface area contributed by atoms with Crippen molar-refractivity contribution in [3.05, 3.63) is 70.7 Å². The Balaban J connectivity index is 1.54. The van der Waals surface area contributed by atoms with Crippen molar-refractivity contribution in [2.45, 2.75) is 39.3 Å². The van der Waals surface area contributed by atoms with E-state index in [-0.39, 0.29) is 11.9 Å². The van der Waals surface area contributed by atoms with Crippen molar-refractivity contribution < 1.29 is 9.63 Å². The summed E-state index contributed by atoms with van der Waals surface area (Å²) in [7, 11) is 0. The van der Waals surface area contributed by atoms with Gasteiger partial charge in [-0.15, -0.1) is 0 Å². The van der Waals surface area contributed by atoms with Crippen LogP contribution in [0.15, 0.2) is 54.6 Å². The molecular weight excluding hydrogens is 372 g/mol. The molecule has 0 radical (unpaired) electrons. The average molecular weight is 401 g/mol. The van der Waals surface area contributed by atoms with E-state index in [9.17, 15) is 4.79 Å². The van der Waals surface area contributed by atoms with Crippen LogP contribution < -0.4 is 0 Å². The van der Waals surface area contributed by atoms with Gasteiger partial charge in [-0.1, -0.05) is 67.1 Å². The maximum atomic E-state index is 12.2. The Kier molecular flexibility index (Phi) is 7.49. The quantitative estimate of drug-likeness (QED) is 0.638. The molecule has 3 rings (SSSR count). The second kappa shape index (κ2) is 10.1. The molecule has 0 bridgehead atoms. The van der Waals surface area contributed by atoms with E-state index in [0.29, 0.717) is 17.5 Å². The molecule has 4 nitrogen and oxygen atoms in total. The number of hydroxylamine groups is 2. The largest absolute Gasteiger partial charge is 0.303 e. The third-order valence-corrected chi connectivity index (χ3v) is 5.80. The number of carbonyl (C=O) groups excluding carboxylic acids is 1. The number of amides is 1. The number of piperidine rings is 1. The lowest BCUT2D eigenvalue weighted by Crippen LogP contribution is -2.51. The van der Waals surface area contributed by atoms with Crippen LogP contribution in [-0.2, 0) is 22.7 Å². The standard InChI is InChI=1S/C23H29ClN2O2/c1-18-16-25(14-12-20-8-4-3-5-9-20)15-13-23(18)26(19(2)27)28-17-21-10-6-7-11-22(21)24/h3-11,18,23H,12-17H2,1-2H3/t18-,23+/m0/s1. The van der Waals surface area contributed by atoms with Crippen molar-refractivity contribution in [1.29, 1.82) is 0 Å². The van der Waals surface area contributed by atoms with Gasteiger partial charge in [-0.05, 0) is 36.0 Å². The smallest absolute Gasteiger partial charge is 0.243 e. The summed E-state index contributed by atoms with van der Waals surface area (Å²) in [4.78, 5) is 20.7. The molecule has 28 heavy (non-hydrogen) atoms. The maximum Gasteiger partial charge on any atom is 0.243 e. The lowest BCUT2D eigenvalue weighted by Gasteiger charge is -2.41. The summed E-state index contributed by atoms with van der Waals surface area (Å²) in [5.74, 6) is 0.293. The van der Waals surface area contributed by atoms with Gasteiger partial charge in [-0.2, -0.15) is 0 Å². The highest BCUT2D eigenvalue weighted by molar-refractivity contribution is 6.31. The highest BCUT2D eigenvalue weighted by Crippen LogP contribution is 2.24. The zero-order chi connectivity index (χ0) is 19.9. The van der Waals surface area contributed by atoms with Crippen molar-refractivity contribution in [3.8, 4) is 0 Å². The third kappa shape index (κ3) is 5.57. The van der Waals surface area contributed by atoms with Gasteiger partial charge in [0.25, 0.3) is 0 Å². The van der Waals surface area contributed by atoms with Gasteiger partial charge in [0.05, 0.1) is 6.04 Å². The molecular formula is C23H29ClN2O2. The zero-order valence-electron chi connectivity index (χ0n) is 16.7. The minimum Gasteiger partial charge on any atom is -0.303 e. The van der Waals surface area contributed by atoms with Gasteiger partial charge in [0.1, 0.15) is 6.61 Å². The van der Waals surface area contributed by atoms with E-state index in [1.807, 2.05) is 24.3 Å². The molecule has 1 saturated heterocycles. The van der Waals surface area contributed by atoms with Crippen molar-refractivity contribution in [3.63, 3.8) is 0 Å². The second-order valence-electron chi connectivity index (χ2n) is 7.58. The van der Waals surface area contributed by atoms with Crippen LogP contribution in [0.4, 0.5) is 0 Å². The second-order valence-corrected chi connectivity index (χ2v) is 7.99. The normalized spacial score (nSPS) is 20.1. The average Bonchev–Trinajstić information content (AvgIpc) is 2.69. The van der Waals surface area contributed by atoms with Crippen molar-refractivity contribution in [2.75, 3.05) is 19.6 Å². The molecule has 150 valence electrons. The summed E-state index contributed by atoms with van der Waals surface area (Å²) in [6, 6.07) is 18.3. The topological polar surface area (TPSA) is 32.8 Å². The fourth-order valence-electron chi connectivity index (χ4n) is 3.88. The fourth-order valence-corrected chi connectivity index (χ4v) is 4.07. The van der Waals surface area contributed by atoms with E-state index >= 15 is 0 Å². The van der Waals surface area contributed by atoms with Crippen LogP contribution in [-0.4, -0.2) is 41.5 Å². The first-order chi connectivity index (χ1) is 13.5. The van der Waals surface area contributed by atoms with Crippen LogP contribution in [0.2, 0.25) is 5.02 Å². The summed E-state index contributed by atoms with van der Waals surface area (Å²) < 4.78 is 0. The van der Waals surface area contributed by atoms with E-state index in [1.165, 1.54) is 5.56 Å². The number of halogens is 1. The number of likely N-dealkylation sites (tertiary alicyclic amines) is 1. The minimum atomic E-state index is -0.0540. The maximum absolute atomic E-state index is 12.2. The molecule has 0 aliphatic carbocycles. The molecule has 1 aliphatic heterocycles. The van der Waals surface area contributed by atoms with Crippen molar-refractivity contribution >= 4 is 17.5 Å². The van der Waals surface area contributed by atoms with Gasteiger partial charge in [0, 0.05) is 31.6 Å². The number of nitrogens with zero attached hydrogens (tertiary/aromatic N) is 2. The molecule has 5 heteroatoms. The van der Waals surface area contributed by atoms with Crippen LogP contribution >= 0.6 is 11.6 Å². The van der Waals surface area contributed by atoms with E-state index < -0.39 is 0 Å². The van der Waals surface area contributed by atoms with E-state index in [4.69, 9.17) is 16.4 Å². The predicted molar refractivity (Wildman–Crippen MR) is 113 cm³/mol. The Morgan fingerprint density at radius 3 is 2.57 bits per heavy atom. The minimum absolute atomic E-state index is 0.0540. The summed E-state index contributed by atoms with van der Waals surface area (Å²) in [5.41, 5.74) is 2.26. The molecule has 1 heterocycles. The predicted octanol–water partition coefficient (Wildman–Crippen LogP) is 4.57. The molecule has 0 spiro atoms. The molecule has 2 aromatic rings. The van der Waals surface area contributed by atoms with Crippen molar-refractivity contribution in [1.82, 2.24) is 9.96 Å².